The van der Waals surface area contributed by atoms with Crippen LogP contribution in [-0.4, -0.2) is 11.1 Å². The van der Waals surface area contributed by atoms with E-state index in [0.29, 0.717) is 6.42 Å². The fourth-order valence-corrected chi connectivity index (χ4v) is 2.11. The third kappa shape index (κ3) is 2.33. The number of Topliss-reactive ketones (excluding diaryl/α,β-unsaturated/α-hetero) is 1. The Morgan fingerprint density at radius 2 is 1.81 bits per heavy atom. The summed E-state index contributed by atoms with van der Waals surface area (Å²) in [5.74, 6) is 0.233. The highest BCUT2D eigenvalue weighted by atomic mass is 79.9. The lowest BCUT2D eigenvalue weighted by Gasteiger charge is -2.04. The van der Waals surface area contributed by atoms with E-state index in [2.05, 4.69) is 15.9 Å². The zero-order valence-electron chi connectivity index (χ0n) is 8.95. The predicted octanol–water partition coefficient (Wildman–Crippen LogP) is 4.20. The number of carbonyl (C=O) groups excluding carboxylic acids is 1. The van der Waals surface area contributed by atoms with Crippen molar-refractivity contribution in [3.05, 3.63) is 48.0 Å². The lowest BCUT2D eigenvalue weighted by Crippen LogP contribution is -2.00. The second-order valence-electron chi connectivity index (χ2n) is 3.74. The first-order chi connectivity index (χ1) is 7.83. The molecule has 0 unspecified atom stereocenters. The lowest BCUT2D eigenvalue weighted by molar-refractivity contribution is 0.0984. The van der Waals surface area contributed by atoms with Crippen LogP contribution in [0.25, 0.3) is 10.8 Å². The molecule has 0 atom stereocenters. The average Bonchev–Trinajstić information content (AvgIpc) is 2.35. The molecule has 2 rings (SSSR count). The molecule has 82 valence electrons. The zero-order valence-corrected chi connectivity index (χ0v) is 10.5. The summed E-state index contributed by atoms with van der Waals surface area (Å²) in [5, 5.41) is 3.07. The van der Waals surface area contributed by atoms with Gasteiger partial charge >= 0.3 is 0 Å². The first kappa shape index (κ1) is 11.3. The van der Waals surface area contributed by atoms with Crippen LogP contribution >= 0.6 is 15.9 Å². The maximum atomic E-state index is 12.0. The highest BCUT2D eigenvalue weighted by Crippen LogP contribution is 2.20. The third-order valence-corrected chi connectivity index (χ3v) is 3.19. The molecule has 0 radical (unpaired) electrons. The quantitative estimate of drug-likeness (QED) is 0.604. The van der Waals surface area contributed by atoms with Gasteiger partial charge in [-0.2, -0.15) is 0 Å². The zero-order chi connectivity index (χ0) is 11.4. The van der Waals surface area contributed by atoms with Gasteiger partial charge in [0.2, 0.25) is 0 Å². The first-order valence-electron chi connectivity index (χ1n) is 5.40. The minimum absolute atomic E-state index is 0.233. The van der Waals surface area contributed by atoms with Gasteiger partial charge in [0, 0.05) is 17.3 Å². The van der Waals surface area contributed by atoms with E-state index in [1.807, 2.05) is 42.5 Å². The Morgan fingerprint density at radius 3 is 2.62 bits per heavy atom. The van der Waals surface area contributed by atoms with Crippen LogP contribution < -0.4 is 0 Å². The van der Waals surface area contributed by atoms with Crippen LogP contribution in [-0.2, 0) is 0 Å². The molecule has 16 heavy (non-hydrogen) atoms. The van der Waals surface area contributed by atoms with Gasteiger partial charge in [-0.15, -0.1) is 0 Å². The molecule has 1 nitrogen and oxygen atoms in total. The maximum Gasteiger partial charge on any atom is 0.163 e. The largest absolute Gasteiger partial charge is 0.294 e. The number of benzene rings is 2. The molecule has 2 aromatic carbocycles. The molecule has 0 N–H and O–H groups in total. The van der Waals surface area contributed by atoms with Crippen LogP contribution in [0.5, 0.6) is 0 Å². The Bertz CT molecular complexity index is 500. The van der Waals surface area contributed by atoms with E-state index in [4.69, 9.17) is 0 Å². The van der Waals surface area contributed by atoms with Gasteiger partial charge in [0.1, 0.15) is 0 Å². The number of rotatable bonds is 4. The number of halogens is 1. The van der Waals surface area contributed by atoms with Gasteiger partial charge in [-0.1, -0.05) is 58.4 Å². The fraction of sp³-hybridized carbons (Fsp3) is 0.214. The van der Waals surface area contributed by atoms with E-state index >= 15 is 0 Å². The number of hydrogen-bond acceptors (Lipinski definition) is 1. The Labute approximate surface area is 104 Å². The summed E-state index contributed by atoms with van der Waals surface area (Å²) in [4.78, 5) is 12.0. The standard InChI is InChI=1S/C14H13BrO/c15-10-4-9-14(16)13-8-3-6-11-5-1-2-7-12(11)13/h1-3,5-8H,4,9-10H2. The van der Waals surface area contributed by atoms with Gasteiger partial charge in [-0.25, -0.2) is 0 Å². The van der Waals surface area contributed by atoms with Crippen molar-refractivity contribution in [3.8, 4) is 0 Å². The van der Waals surface area contributed by atoms with Crippen molar-refractivity contribution in [2.45, 2.75) is 12.8 Å². The molecule has 0 bridgehead atoms. The first-order valence-corrected chi connectivity index (χ1v) is 6.52. The summed E-state index contributed by atoms with van der Waals surface area (Å²) < 4.78 is 0. The molecule has 2 aromatic rings. The molecule has 0 heterocycles. The van der Waals surface area contributed by atoms with Crippen molar-refractivity contribution >= 4 is 32.5 Å². The number of carbonyl (C=O) groups is 1. The van der Waals surface area contributed by atoms with Crippen LogP contribution in [0.3, 0.4) is 0 Å². The monoisotopic (exact) mass is 276 g/mol. The van der Waals surface area contributed by atoms with Crippen molar-refractivity contribution in [2.75, 3.05) is 5.33 Å². The minimum atomic E-state index is 0.233. The maximum absolute atomic E-state index is 12.0. The van der Waals surface area contributed by atoms with Gasteiger partial charge in [-0.3, -0.25) is 4.79 Å². The van der Waals surface area contributed by atoms with E-state index in [-0.39, 0.29) is 5.78 Å². The van der Waals surface area contributed by atoms with E-state index in [0.717, 1.165) is 28.1 Å². The molecule has 0 saturated carbocycles. The minimum Gasteiger partial charge on any atom is -0.294 e. The second kappa shape index (κ2) is 5.26. The van der Waals surface area contributed by atoms with Crippen LogP contribution in [0.1, 0.15) is 23.2 Å². The van der Waals surface area contributed by atoms with E-state index in [1.165, 1.54) is 0 Å². The highest BCUT2D eigenvalue weighted by molar-refractivity contribution is 9.09. The van der Waals surface area contributed by atoms with Gasteiger partial charge in [0.15, 0.2) is 5.78 Å². The Kier molecular flexibility index (Phi) is 3.73. The Balaban J connectivity index is 2.40. The van der Waals surface area contributed by atoms with Crippen molar-refractivity contribution in [3.63, 3.8) is 0 Å². The lowest BCUT2D eigenvalue weighted by atomic mass is 9.99. The second-order valence-corrected chi connectivity index (χ2v) is 4.54. The molecule has 0 amide bonds. The van der Waals surface area contributed by atoms with Crippen molar-refractivity contribution in [1.82, 2.24) is 0 Å². The molecule has 0 aliphatic carbocycles. The van der Waals surface area contributed by atoms with Crippen LogP contribution in [0.15, 0.2) is 42.5 Å². The van der Waals surface area contributed by atoms with Gasteiger partial charge in [0.05, 0.1) is 0 Å². The molecule has 0 aromatic heterocycles. The number of fused-ring (bicyclic) bond motifs is 1. The molecule has 0 saturated heterocycles. The van der Waals surface area contributed by atoms with Crippen molar-refractivity contribution < 1.29 is 4.79 Å². The van der Waals surface area contributed by atoms with Gasteiger partial charge in [0.25, 0.3) is 0 Å². The molecule has 0 aliphatic rings. The van der Waals surface area contributed by atoms with Crippen molar-refractivity contribution in [2.24, 2.45) is 0 Å². The average molecular weight is 277 g/mol. The van der Waals surface area contributed by atoms with Crippen LogP contribution in [0, 0.1) is 0 Å². The number of ketones is 1. The summed E-state index contributed by atoms with van der Waals surface area (Å²) in [6.45, 7) is 0. The summed E-state index contributed by atoms with van der Waals surface area (Å²) in [7, 11) is 0. The summed E-state index contributed by atoms with van der Waals surface area (Å²) in [5.41, 5.74) is 0.846. The number of alkyl halides is 1. The normalized spacial score (nSPS) is 10.6. The Morgan fingerprint density at radius 1 is 1.06 bits per heavy atom. The van der Waals surface area contributed by atoms with E-state index in [1.54, 1.807) is 0 Å². The smallest absolute Gasteiger partial charge is 0.163 e. The van der Waals surface area contributed by atoms with E-state index in [9.17, 15) is 4.79 Å². The van der Waals surface area contributed by atoms with Crippen LogP contribution in [0.2, 0.25) is 0 Å². The topological polar surface area (TPSA) is 17.1 Å². The third-order valence-electron chi connectivity index (χ3n) is 2.63. The Hall–Kier alpha value is -1.15. The molecular formula is C14H13BrO. The molecule has 0 aliphatic heterocycles. The fourth-order valence-electron chi connectivity index (χ4n) is 1.83. The highest BCUT2D eigenvalue weighted by Gasteiger charge is 2.08. The van der Waals surface area contributed by atoms with Gasteiger partial charge < -0.3 is 0 Å². The van der Waals surface area contributed by atoms with Crippen LogP contribution in [0.4, 0.5) is 0 Å². The van der Waals surface area contributed by atoms with Gasteiger partial charge in [-0.05, 0) is 17.2 Å². The molecule has 2 heteroatoms. The predicted molar refractivity (Wildman–Crippen MR) is 71.3 cm³/mol. The summed E-state index contributed by atoms with van der Waals surface area (Å²) in [6, 6.07) is 13.9. The molecule has 0 fully saturated rings. The van der Waals surface area contributed by atoms with E-state index < -0.39 is 0 Å². The summed E-state index contributed by atoms with van der Waals surface area (Å²) in [6.07, 6.45) is 1.50. The molecular weight excluding hydrogens is 264 g/mol. The SMILES string of the molecule is O=C(CCCBr)c1cccc2ccccc12. The summed E-state index contributed by atoms with van der Waals surface area (Å²) >= 11 is 3.35. The van der Waals surface area contributed by atoms with Crippen molar-refractivity contribution in [1.29, 1.82) is 0 Å². The molecule has 0 spiro atoms. The number of hydrogen-bond donors (Lipinski definition) is 0.